The fourth-order valence-electron chi connectivity index (χ4n) is 3.53. The molecule has 0 amide bonds. The van der Waals surface area contributed by atoms with Gasteiger partial charge in [0, 0.05) is 6.54 Å². The number of nitrogens with two attached hydrogens (primary N) is 1. The van der Waals surface area contributed by atoms with Gasteiger partial charge in [-0.2, -0.15) is 9.97 Å². The van der Waals surface area contributed by atoms with Crippen LogP contribution in [0.25, 0.3) is 11.2 Å². The molecule has 4 atom stereocenters. The molecule has 0 spiro atoms. The van der Waals surface area contributed by atoms with Gasteiger partial charge in [-0.05, 0) is 18.1 Å². The SMILES string of the molecule is COc1ccccc1CCNc1nc(N)c2ncn(C3O[C@H](CO)[C@@H](O)[C@H]3O)c2n1. The minimum Gasteiger partial charge on any atom is -0.496 e. The van der Waals surface area contributed by atoms with E-state index < -0.39 is 31.1 Å². The Labute approximate surface area is 172 Å². The van der Waals surface area contributed by atoms with E-state index in [0.29, 0.717) is 30.1 Å². The van der Waals surface area contributed by atoms with Gasteiger partial charge in [-0.15, -0.1) is 0 Å². The number of ether oxygens (including phenoxy) is 2. The second-order valence-electron chi connectivity index (χ2n) is 6.97. The molecular weight excluding hydrogens is 392 g/mol. The van der Waals surface area contributed by atoms with Gasteiger partial charge >= 0.3 is 0 Å². The lowest BCUT2D eigenvalue weighted by Gasteiger charge is -2.17. The van der Waals surface area contributed by atoms with Crippen molar-refractivity contribution >= 4 is 22.9 Å². The van der Waals surface area contributed by atoms with Crippen LogP contribution in [0, 0.1) is 0 Å². The van der Waals surface area contributed by atoms with Gasteiger partial charge in [0.05, 0.1) is 20.0 Å². The number of hydrogen-bond acceptors (Lipinski definition) is 10. The van der Waals surface area contributed by atoms with Crippen LogP contribution in [-0.4, -0.2) is 73.4 Å². The number of anilines is 2. The van der Waals surface area contributed by atoms with E-state index in [-0.39, 0.29) is 5.82 Å². The van der Waals surface area contributed by atoms with Crippen LogP contribution >= 0.6 is 0 Å². The largest absolute Gasteiger partial charge is 0.496 e. The number of aromatic nitrogens is 4. The fourth-order valence-corrected chi connectivity index (χ4v) is 3.53. The lowest BCUT2D eigenvalue weighted by Crippen LogP contribution is -2.33. The van der Waals surface area contributed by atoms with Crippen molar-refractivity contribution in [1.82, 2.24) is 19.5 Å². The highest BCUT2D eigenvalue weighted by molar-refractivity contribution is 5.83. The summed E-state index contributed by atoms with van der Waals surface area (Å²) >= 11 is 0. The fraction of sp³-hybridized carbons (Fsp3) is 0.421. The first kappa shape index (κ1) is 20.3. The molecule has 2 aromatic heterocycles. The minimum atomic E-state index is -1.25. The number of nitrogen functional groups attached to an aromatic ring is 1. The van der Waals surface area contributed by atoms with Crippen LogP contribution < -0.4 is 15.8 Å². The molecule has 1 saturated heterocycles. The third-order valence-corrected chi connectivity index (χ3v) is 5.11. The number of fused-ring (bicyclic) bond motifs is 1. The highest BCUT2D eigenvalue weighted by Gasteiger charge is 2.44. The first-order chi connectivity index (χ1) is 14.5. The maximum atomic E-state index is 10.3. The number of para-hydroxylation sites is 1. The number of methoxy groups -OCH3 is 1. The van der Waals surface area contributed by atoms with Gasteiger partial charge in [-0.3, -0.25) is 4.57 Å². The molecular formula is C19H24N6O5. The van der Waals surface area contributed by atoms with Crippen LogP contribution in [0.2, 0.25) is 0 Å². The Hall–Kier alpha value is -2.99. The molecule has 0 aliphatic carbocycles. The first-order valence-electron chi connectivity index (χ1n) is 9.51. The maximum Gasteiger partial charge on any atom is 0.226 e. The third-order valence-electron chi connectivity index (χ3n) is 5.11. The van der Waals surface area contributed by atoms with Crippen molar-refractivity contribution in [3.05, 3.63) is 36.2 Å². The lowest BCUT2D eigenvalue weighted by molar-refractivity contribution is -0.0511. The number of hydrogen-bond donors (Lipinski definition) is 5. The predicted octanol–water partition coefficient (Wildman–Crippen LogP) is -0.317. The summed E-state index contributed by atoms with van der Waals surface area (Å²) in [5.41, 5.74) is 7.77. The van der Waals surface area contributed by atoms with Gasteiger partial charge in [0.2, 0.25) is 5.95 Å². The van der Waals surface area contributed by atoms with Crippen LogP contribution in [0.5, 0.6) is 5.75 Å². The quantitative estimate of drug-likeness (QED) is 0.345. The predicted molar refractivity (Wildman–Crippen MR) is 108 cm³/mol. The van der Waals surface area contributed by atoms with Crippen molar-refractivity contribution in [3.63, 3.8) is 0 Å². The van der Waals surface area contributed by atoms with Gasteiger partial charge in [0.25, 0.3) is 0 Å². The smallest absolute Gasteiger partial charge is 0.226 e. The van der Waals surface area contributed by atoms with Gasteiger partial charge in [0.15, 0.2) is 17.7 Å². The van der Waals surface area contributed by atoms with Crippen molar-refractivity contribution in [1.29, 1.82) is 0 Å². The summed E-state index contributed by atoms with van der Waals surface area (Å²) in [6, 6.07) is 7.73. The summed E-state index contributed by atoms with van der Waals surface area (Å²) < 4.78 is 12.4. The Kier molecular flexibility index (Phi) is 5.68. The van der Waals surface area contributed by atoms with Gasteiger partial charge in [0.1, 0.15) is 29.6 Å². The highest BCUT2D eigenvalue weighted by Crippen LogP contribution is 2.32. The molecule has 1 fully saturated rings. The zero-order valence-electron chi connectivity index (χ0n) is 16.3. The summed E-state index contributed by atoms with van der Waals surface area (Å²) in [5.74, 6) is 1.27. The van der Waals surface area contributed by atoms with Gasteiger partial charge in [-0.1, -0.05) is 18.2 Å². The maximum absolute atomic E-state index is 10.3. The van der Waals surface area contributed by atoms with Crippen LogP contribution in [0.4, 0.5) is 11.8 Å². The van der Waals surface area contributed by atoms with Crippen LogP contribution in [0.1, 0.15) is 11.8 Å². The van der Waals surface area contributed by atoms with E-state index in [1.807, 2.05) is 24.3 Å². The molecule has 1 unspecified atom stereocenters. The van der Waals surface area contributed by atoms with Crippen molar-refractivity contribution in [2.24, 2.45) is 0 Å². The Morgan fingerprint density at radius 1 is 1.23 bits per heavy atom. The highest BCUT2D eigenvalue weighted by atomic mass is 16.6. The molecule has 3 aromatic rings. The number of rotatable bonds is 7. The van der Waals surface area contributed by atoms with E-state index >= 15 is 0 Å². The van der Waals surface area contributed by atoms with E-state index in [4.69, 9.17) is 15.2 Å². The Balaban J connectivity index is 1.55. The number of aliphatic hydroxyl groups is 3. The second-order valence-corrected chi connectivity index (χ2v) is 6.97. The number of nitrogens with zero attached hydrogens (tertiary/aromatic N) is 4. The van der Waals surface area contributed by atoms with E-state index in [1.54, 1.807) is 7.11 Å². The molecule has 4 rings (SSSR count). The summed E-state index contributed by atoms with van der Waals surface area (Å²) in [4.78, 5) is 12.9. The second kappa shape index (κ2) is 8.40. The lowest BCUT2D eigenvalue weighted by atomic mass is 10.1. The Morgan fingerprint density at radius 3 is 2.77 bits per heavy atom. The van der Waals surface area contributed by atoms with Crippen molar-refractivity contribution in [3.8, 4) is 5.75 Å². The van der Waals surface area contributed by atoms with Crippen LogP contribution in [-0.2, 0) is 11.2 Å². The van der Waals surface area contributed by atoms with Crippen molar-refractivity contribution < 1.29 is 24.8 Å². The molecule has 1 aromatic carbocycles. The van der Waals surface area contributed by atoms with Gasteiger partial charge in [-0.25, -0.2) is 4.98 Å². The monoisotopic (exact) mass is 416 g/mol. The zero-order chi connectivity index (χ0) is 21.3. The molecule has 6 N–H and O–H groups in total. The van der Waals surface area contributed by atoms with E-state index in [0.717, 1.165) is 11.3 Å². The van der Waals surface area contributed by atoms with Crippen molar-refractivity contribution in [2.45, 2.75) is 31.0 Å². The van der Waals surface area contributed by atoms with Gasteiger partial charge < -0.3 is 35.8 Å². The summed E-state index contributed by atoms with van der Waals surface area (Å²) in [6.07, 6.45) is -2.25. The summed E-state index contributed by atoms with van der Waals surface area (Å²) in [7, 11) is 1.63. The van der Waals surface area contributed by atoms with E-state index in [1.165, 1.54) is 10.9 Å². The topological polar surface area (TPSA) is 161 Å². The van der Waals surface area contributed by atoms with E-state index in [2.05, 4.69) is 20.3 Å². The summed E-state index contributed by atoms with van der Waals surface area (Å²) in [6.45, 7) is 0.113. The van der Waals surface area contributed by atoms with Crippen LogP contribution in [0.3, 0.4) is 0 Å². The Morgan fingerprint density at radius 2 is 2.03 bits per heavy atom. The standard InChI is InChI=1S/C19H24N6O5/c1-29-11-5-3-2-4-10(11)6-7-21-19-23-16(20)13-17(24-19)25(9-22-13)18-15(28)14(27)12(8-26)30-18/h2-5,9,12,14-15,18,26-28H,6-8H2,1H3,(H3,20,21,23,24)/t12-,14-,15-,18?/m1/s1. The average molecular weight is 416 g/mol. The molecule has 30 heavy (non-hydrogen) atoms. The normalized spacial score (nSPS) is 23.7. The molecule has 3 heterocycles. The molecule has 0 radical (unpaired) electrons. The molecule has 0 bridgehead atoms. The number of nitrogens with one attached hydrogen (secondary N) is 1. The average Bonchev–Trinajstić information content (AvgIpc) is 3.30. The number of aliphatic hydroxyl groups excluding tert-OH is 3. The third kappa shape index (κ3) is 3.63. The minimum absolute atomic E-state index is 0.172. The molecule has 11 nitrogen and oxygen atoms in total. The zero-order valence-corrected chi connectivity index (χ0v) is 16.3. The van der Waals surface area contributed by atoms with Crippen molar-refractivity contribution in [2.75, 3.05) is 31.3 Å². The number of benzene rings is 1. The molecule has 160 valence electrons. The van der Waals surface area contributed by atoms with E-state index in [9.17, 15) is 15.3 Å². The molecule has 1 aliphatic rings. The Bertz CT molecular complexity index is 1030. The molecule has 1 aliphatic heterocycles. The first-order valence-corrected chi connectivity index (χ1v) is 9.51. The number of imidazole rings is 1. The molecule has 11 heteroatoms. The summed E-state index contributed by atoms with van der Waals surface area (Å²) in [5, 5.41) is 32.8. The molecule has 0 saturated carbocycles. The van der Waals surface area contributed by atoms with Crippen LogP contribution in [0.15, 0.2) is 30.6 Å².